The maximum Gasteiger partial charge on any atom is 0.254 e. The first kappa shape index (κ1) is 14.8. The van der Waals surface area contributed by atoms with Crippen molar-refractivity contribution in [3.05, 3.63) is 23.8 Å². The molecule has 0 radical (unpaired) electrons. The molecule has 0 saturated carbocycles. The average Bonchev–Trinajstić information content (AvgIpc) is 2.36. The summed E-state index contributed by atoms with van der Waals surface area (Å²) in [5.41, 5.74) is 7.40. The van der Waals surface area contributed by atoms with Crippen molar-refractivity contribution in [3.63, 3.8) is 0 Å². The number of hydrogen-bond acceptors (Lipinski definition) is 4. The van der Waals surface area contributed by atoms with Gasteiger partial charge in [-0.3, -0.25) is 9.59 Å². The molecule has 0 spiro atoms. The Morgan fingerprint density at radius 1 is 1.32 bits per heavy atom. The lowest BCUT2D eigenvalue weighted by atomic mass is 10.1. The molecule has 0 heterocycles. The lowest BCUT2D eigenvalue weighted by Crippen LogP contribution is -2.43. The molecular weight excluding hydrogens is 244 g/mol. The number of amides is 2. The number of anilines is 2. The average molecular weight is 264 g/mol. The fourth-order valence-corrected chi connectivity index (χ4v) is 1.68. The molecule has 0 saturated heterocycles. The molecule has 1 atom stereocenters. The van der Waals surface area contributed by atoms with Crippen LogP contribution in [0.25, 0.3) is 0 Å². The molecule has 0 aromatic heterocycles. The third-order valence-electron chi connectivity index (χ3n) is 2.73. The molecule has 4 N–H and O–H groups in total. The third kappa shape index (κ3) is 3.61. The largest absolute Gasteiger partial charge is 0.399 e. The molecule has 1 unspecified atom stereocenters. The number of nitrogens with two attached hydrogens (primary N) is 1. The van der Waals surface area contributed by atoms with E-state index in [1.54, 1.807) is 25.1 Å². The molecule has 2 amide bonds. The number of nitrogens with one attached hydrogen (secondary N) is 2. The number of rotatable bonds is 4. The van der Waals surface area contributed by atoms with Crippen LogP contribution in [0.15, 0.2) is 18.2 Å². The fraction of sp³-hybridized carbons (Fsp3) is 0.385. The Bertz CT molecular complexity index is 486. The van der Waals surface area contributed by atoms with Gasteiger partial charge in [0.15, 0.2) is 0 Å². The molecule has 0 fully saturated rings. The normalized spacial score (nSPS) is 11.6. The summed E-state index contributed by atoms with van der Waals surface area (Å²) in [7, 11) is 5.20. The lowest BCUT2D eigenvalue weighted by Gasteiger charge is -2.19. The maximum atomic E-state index is 12.2. The van der Waals surface area contributed by atoms with E-state index in [0.29, 0.717) is 11.3 Å². The van der Waals surface area contributed by atoms with E-state index in [4.69, 9.17) is 5.73 Å². The minimum atomic E-state index is -0.603. The van der Waals surface area contributed by atoms with Crippen LogP contribution >= 0.6 is 0 Å². The van der Waals surface area contributed by atoms with E-state index in [2.05, 4.69) is 10.6 Å². The van der Waals surface area contributed by atoms with Crippen LogP contribution in [0.1, 0.15) is 17.3 Å². The van der Waals surface area contributed by atoms with Crippen LogP contribution in [0.4, 0.5) is 11.4 Å². The Morgan fingerprint density at radius 2 is 1.95 bits per heavy atom. The van der Waals surface area contributed by atoms with Gasteiger partial charge in [-0.1, -0.05) is 0 Å². The number of benzene rings is 1. The van der Waals surface area contributed by atoms with Gasteiger partial charge < -0.3 is 21.3 Å². The predicted octanol–water partition coefficient (Wildman–Crippen LogP) is 0.199. The molecule has 1 rings (SSSR count). The van der Waals surface area contributed by atoms with Gasteiger partial charge in [0.1, 0.15) is 6.04 Å². The number of likely N-dealkylation sites (N-methyl/N-ethyl adjacent to an activating group) is 1. The van der Waals surface area contributed by atoms with Crippen LogP contribution < -0.4 is 21.3 Å². The summed E-state index contributed by atoms with van der Waals surface area (Å²) in [5.74, 6) is -0.573. The quantitative estimate of drug-likeness (QED) is 0.678. The van der Waals surface area contributed by atoms with Gasteiger partial charge in [-0.15, -0.1) is 0 Å². The van der Waals surface area contributed by atoms with Gasteiger partial charge in [-0.25, -0.2) is 0 Å². The molecule has 0 aliphatic heterocycles. The second-order valence-electron chi connectivity index (χ2n) is 4.48. The zero-order valence-electron chi connectivity index (χ0n) is 11.7. The standard InChI is InChI=1S/C13H20N4O2/c1-8(12(18)15-2)16-13(19)10-7-9(14)5-6-11(10)17(3)4/h5-8H,14H2,1-4H3,(H,15,18)(H,16,19). The highest BCUT2D eigenvalue weighted by Crippen LogP contribution is 2.21. The van der Waals surface area contributed by atoms with E-state index in [-0.39, 0.29) is 11.8 Å². The molecule has 104 valence electrons. The Labute approximate surface area is 113 Å². The van der Waals surface area contributed by atoms with E-state index in [9.17, 15) is 9.59 Å². The van der Waals surface area contributed by atoms with Crippen LogP contribution in [0.2, 0.25) is 0 Å². The van der Waals surface area contributed by atoms with Crippen LogP contribution in [-0.2, 0) is 4.79 Å². The van der Waals surface area contributed by atoms with Crippen molar-refractivity contribution in [1.29, 1.82) is 0 Å². The SMILES string of the molecule is CNC(=O)C(C)NC(=O)c1cc(N)ccc1N(C)C. The second-order valence-corrected chi connectivity index (χ2v) is 4.48. The summed E-state index contributed by atoms with van der Waals surface area (Å²) in [6.07, 6.45) is 0. The maximum absolute atomic E-state index is 12.2. The molecule has 6 heteroatoms. The van der Waals surface area contributed by atoms with Crippen LogP contribution in [0, 0.1) is 0 Å². The van der Waals surface area contributed by atoms with Crippen molar-refractivity contribution in [2.24, 2.45) is 0 Å². The van der Waals surface area contributed by atoms with E-state index < -0.39 is 6.04 Å². The highest BCUT2D eigenvalue weighted by molar-refractivity contribution is 6.02. The number of nitrogen functional groups attached to an aromatic ring is 1. The van der Waals surface area contributed by atoms with Gasteiger partial charge in [-0.05, 0) is 25.1 Å². The minimum Gasteiger partial charge on any atom is -0.399 e. The molecule has 0 bridgehead atoms. The predicted molar refractivity (Wildman–Crippen MR) is 76.2 cm³/mol. The third-order valence-corrected chi connectivity index (χ3v) is 2.73. The zero-order chi connectivity index (χ0) is 14.6. The molecule has 19 heavy (non-hydrogen) atoms. The number of carbonyl (C=O) groups excluding carboxylic acids is 2. The highest BCUT2D eigenvalue weighted by Gasteiger charge is 2.18. The van der Waals surface area contributed by atoms with Crippen molar-refractivity contribution in [2.75, 3.05) is 31.8 Å². The van der Waals surface area contributed by atoms with E-state index in [1.807, 2.05) is 19.0 Å². The van der Waals surface area contributed by atoms with Crippen LogP contribution in [-0.4, -0.2) is 39.0 Å². The topological polar surface area (TPSA) is 87.5 Å². The monoisotopic (exact) mass is 264 g/mol. The van der Waals surface area contributed by atoms with Crippen molar-refractivity contribution in [1.82, 2.24) is 10.6 Å². The number of nitrogens with zero attached hydrogens (tertiary/aromatic N) is 1. The lowest BCUT2D eigenvalue weighted by molar-refractivity contribution is -0.122. The van der Waals surface area contributed by atoms with Crippen molar-refractivity contribution in [3.8, 4) is 0 Å². The molecule has 6 nitrogen and oxygen atoms in total. The second kappa shape index (κ2) is 6.08. The van der Waals surface area contributed by atoms with Crippen molar-refractivity contribution in [2.45, 2.75) is 13.0 Å². The van der Waals surface area contributed by atoms with E-state index in [1.165, 1.54) is 7.05 Å². The Hall–Kier alpha value is -2.24. The molecule has 0 aliphatic carbocycles. The molecule has 1 aromatic rings. The van der Waals surface area contributed by atoms with Crippen LogP contribution in [0.5, 0.6) is 0 Å². The number of carbonyl (C=O) groups is 2. The van der Waals surface area contributed by atoms with Crippen molar-refractivity contribution >= 4 is 23.2 Å². The summed E-state index contributed by atoms with van der Waals surface area (Å²) < 4.78 is 0. The van der Waals surface area contributed by atoms with Gasteiger partial charge in [0, 0.05) is 32.5 Å². The first-order valence-electron chi connectivity index (χ1n) is 5.96. The first-order valence-corrected chi connectivity index (χ1v) is 5.96. The summed E-state index contributed by atoms with van der Waals surface area (Å²) in [4.78, 5) is 25.4. The zero-order valence-corrected chi connectivity index (χ0v) is 11.7. The highest BCUT2D eigenvalue weighted by atomic mass is 16.2. The fourth-order valence-electron chi connectivity index (χ4n) is 1.68. The molecular formula is C13H20N4O2. The molecule has 1 aromatic carbocycles. The molecule has 0 aliphatic rings. The van der Waals surface area contributed by atoms with Gasteiger partial charge in [-0.2, -0.15) is 0 Å². The summed E-state index contributed by atoms with van der Waals surface area (Å²) in [5, 5.41) is 5.12. The summed E-state index contributed by atoms with van der Waals surface area (Å²) in [6.45, 7) is 1.62. The first-order chi connectivity index (χ1) is 8.86. The van der Waals surface area contributed by atoms with Gasteiger partial charge in [0.25, 0.3) is 5.91 Å². The van der Waals surface area contributed by atoms with Crippen LogP contribution in [0.3, 0.4) is 0 Å². The van der Waals surface area contributed by atoms with Gasteiger partial charge in [0.2, 0.25) is 5.91 Å². The minimum absolute atomic E-state index is 0.247. The smallest absolute Gasteiger partial charge is 0.254 e. The Morgan fingerprint density at radius 3 is 2.47 bits per heavy atom. The number of hydrogen-bond donors (Lipinski definition) is 3. The van der Waals surface area contributed by atoms with E-state index in [0.717, 1.165) is 5.69 Å². The summed E-state index contributed by atoms with van der Waals surface area (Å²) >= 11 is 0. The Balaban J connectivity index is 2.99. The van der Waals surface area contributed by atoms with E-state index >= 15 is 0 Å². The van der Waals surface area contributed by atoms with Crippen molar-refractivity contribution < 1.29 is 9.59 Å². The summed E-state index contributed by atoms with van der Waals surface area (Å²) in [6, 6.07) is 4.50. The Kier molecular flexibility index (Phi) is 4.74. The van der Waals surface area contributed by atoms with Gasteiger partial charge in [0.05, 0.1) is 5.56 Å². The van der Waals surface area contributed by atoms with Gasteiger partial charge >= 0.3 is 0 Å².